The van der Waals surface area contributed by atoms with Crippen molar-refractivity contribution < 1.29 is 0 Å². The molecule has 0 fully saturated rings. The molecule has 0 saturated carbocycles. The number of aryl methyl sites for hydroxylation is 2. The number of aromatic nitrogens is 5. The first-order valence-electron chi connectivity index (χ1n) is 6.81. The summed E-state index contributed by atoms with van der Waals surface area (Å²) in [5.74, 6) is 0.619. The molecule has 3 aromatic heterocycles. The van der Waals surface area contributed by atoms with Crippen molar-refractivity contribution in [3.8, 4) is 11.3 Å². The largest absolute Gasteiger partial charge is 0.272 e. The second-order valence-corrected chi connectivity index (χ2v) is 6.66. The highest BCUT2D eigenvalue weighted by Gasteiger charge is 2.16. The Kier molecular flexibility index (Phi) is 3.12. The summed E-state index contributed by atoms with van der Waals surface area (Å²) < 4.78 is 3.79. The van der Waals surface area contributed by atoms with E-state index < -0.39 is 0 Å². The predicted molar refractivity (Wildman–Crippen MR) is 81.1 cm³/mol. The van der Waals surface area contributed by atoms with E-state index >= 15 is 0 Å². The molecule has 5 nitrogen and oxygen atoms in total. The number of fused-ring (bicyclic) bond motifs is 1. The maximum absolute atomic E-state index is 4.71. The number of nitrogens with zero attached hydrogens (tertiary/aromatic N) is 5. The van der Waals surface area contributed by atoms with Crippen molar-refractivity contribution in [3.63, 3.8) is 0 Å². The number of hydrogen-bond donors (Lipinski definition) is 0. The zero-order chi connectivity index (χ0) is 14.4. The van der Waals surface area contributed by atoms with Crippen molar-refractivity contribution in [2.75, 3.05) is 0 Å². The van der Waals surface area contributed by atoms with E-state index in [1.165, 1.54) is 0 Å². The van der Waals surface area contributed by atoms with Gasteiger partial charge in [-0.25, -0.2) is 9.50 Å². The summed E-state index contributed by atoms with van der Waals surface area (Å²) in [6, 6.07) is 0. The van der Waals surface area contributed by atoms with E-state index in [2.05, 4.69) is 31.0 Å². The molecule has 0 radical (unpaired) electrons. The minimum absolute atomic E-state index is 0.619. The van der Waals surface area contributed by atoms with Crippen LogP contribution >= 0.6 is 11.3 Å². The Hall–Kier alpha value is -1.69. The van der Waals surface area contributed by atoms with Crippen LogP contribution in [-0.2, 0) is 13.5 Å². The van der Waals surface area contributed by atoms with Crippen LogP contribution in [0.1, 0.15) is 30.2 Å². The average molecular weight is 289 g/mol. The van der Waals surface area contributed by atoms with Crippen molar-refractivity contribution in [3.05, 3.63) is 22.6 Å². The SMILES string of the molecule is Cc1nn(C)c(C)c1-c1cn2nc(CC(C)C)sc2n1. The monoisotopic (exact) mass is 289 g/mol. The molecule has 0 saturated heterocycles. The molecule has 0 atom stereocenters. The Bertz CT molecular complexity index is 731. The quantitative estimate of drug-likeness (QED) is 0.744. The maximum atomic E-state index is 4.71. The first-order chi connectivity index (χ1) is 9.45. The van der Waals surface area contributed by atoms with E-state index in [4.69, 9.17) is 4.98 Å². The summed E-state index contributed by atoms with van der Waals surface area (Å²) in [5.41, 5.74) is 4.23. The van der Waals surface area contributed by atoms with Crippen molar-refractivity contribution in [2.24, 2.45) is 13.0 Å². The van der Waals surface area contributed by atoms with Gasteiger partial charge in [0.15, 0.2) is 0 Å². The fourth-order valence-electron chi connectivity index (χ4n) is 2.44. The molecule has 0 spiro atoms. The van der Waals surface area contributed by atoms with Gasteiger partial charge in [0, 0.05) is 24.7 Å². The van der Waals surface area contributed by atoms with Crippen LogP contribution in [0.3, 0.4) is 0 Å². The highest BCUT2D eigenvalue weighted by atomic mass is 32.1. The van der Waals surface area contributed by atoms with Gasteiger partial charge in [0.25, 0.3) is 0 Å². The third-order valence-electron chi connectivity index (χ3n) is 3.43. The molecule has 3 rings (SSSR count). The minimum atomic E-state index is 0.619. The predicted octanol–water partition coefficient (Wildman–Crippen LogP) is 3.01. The molecule has 0 aliphatic rings. The maximum Gasteiger partial charge on any atom is 0.212 e. The molecule has 0 aromatic carbocycles. The summed E-state index contributed by atoms with van der Waals surface area (Å²) >= 11 is 1.67. The van der Waals surface area contributed by atoms with E-state index in [0.29, 0.717) is 5.92 Å². The van der Waals surface area contributed by atoms with Crippen LogP contribution in [0.2, 0.25) is 0 Å². The molecule has 6 heteroatoms. The molecule has 0 amide bonds. The lowest BCUT2D eigenvalue weighted by atomic mass is 10.1. The molecule has 0 aliphatic carbocycles. The Morgan fingerprint density at radius 2 is 2.00 bits per heavy atom. The third-order valence-corrected chi connectivity index (χ3v) is 4.38. The van der Waals surface area contributed by atoms with Crippen LogP contribution < -0.4 is 0 Å². The topological polar surface area (TPSA) is 48.0 Å². The van der Waals surface area contributed by atoms with Gasteiger partial charge in [0.1, 0.15) is 5.01 Å². The zero-order valence-electron chi connectivity index (χ0n) is 12.5. The Balaban J connectivity index is 2.03. The highest BCUT2D eigenvalue weighted by molar-refractivity contribution is 7.16. The van der Waals surface area contributed by atoms with Crippen LogP contribution in [-0.4, -0.2) is 24.4 Å². The molecule has 106 valence electrons. The fourth-order valence-corrected chi connectivity index (χ4v) is 3.53. The molecule has 3 heterocycles. The Morgan fingerprint density at radius 1 is 1.25 bits per heavy atom. The lowest BCUT2D eigenvalue weighted by Gasteiger charge is -1.98. The highest BCUT2D eigenvalue weighted by Crippen LogP contribution is 2.27. The molecule has 0 aliphatic heterocycles. The molecule has 0 bridgehead atoms. The van der Waals surface area contributed by atoms with E-state index in [9.17, 15) is 0 Å². The number of rotatable bonds is 3. The summed E-state index contributed by atoms with van der Waals surface area (Å²) in [5, 5.41) is 10.2. The number of imidazole rings is 1. The van der Waals surface area contributed by atoms with Gasteiger partial charge in [-0.1, -0.05) is 25.2 Å². The van der Waals surface area contributed by atoms with Gasteiger partial charge in [-0.05, 0) is 19.8 Å². The average Bonchev–Trinajstić information content (AvgIpc) is 2.91. The molecule has 20 heavy (non-hydrogen) atoms. The smallest absolute Gasteiger partial charge is 0.212 e. The standard InChI is InChI=1S/C14H19N5S/c1-8(2)6-12-17-19-7-11(15-14(19)20-12)13-9(3)16-18(5)10(13)4/h7-8H,6H2,1-5H3. The van der Waals surface area contributed by atoms with Crippen molar-refractivity contribution in [1.29, 1.82) is 0 Å². The Morgan fingerprint density at radius 3 is 2.55 bits per heavy atom. The summed E-state index contributed by atoms with van der Waals surface area (Å²) in [6.45, 7) is 8.50. The molecular formula is C14H19N5S. The van der Waals surface area contributed by atoms with Crippen LogP contribution in [0, 0.1) is 19.8 Å². The van der Waals surface area contributed by atoms with Gasteiger partial charge in [0.2, 0.25) is 4.96 Å². The van der Waals surface area contributed by atoms with E-state index in [1.807, 2.05) is 29.4 Å². The van der Waals surface area contributed by atoms with E-state index in [0.717, 1.165) is 39.0 Å². The third kappa shape index (κ3) is 2.14. The van der Waals surface area contributed by atoms with Crippen LogP contribution in [0.4, 0.5) is 0 Å². The summed E-state index contributed by atoms with van der Waals surface area (Å²) in [7, 11) is 1.96. The van der Waals surface area contributed by atoms with E-state index in [-0.39, 0.29) is 0 Å². The summed E-state index contributed by atoms with van der Waals surface area (Å²) in [6.07, 6.45) is 3.01. The van der Waals surface area contributed by atoms with Gasteiger partial charge >= 0.3 is 0 Å². The zero-order valence-corrected chi connectivity index (χ0v) is 13.3. The van der Waals surface area contributed by atoms with Crippen LogP contribution in [0.5, 0.6) is 0 Å². The lowest BCUT2D eigenvalue weighted by molar-refractivity contribution is 0.637. The van der Waals surface area contributed by atoms with Crippen LogP contribution in [0.15, 0.2) is 6.20 Å². The Labute approximate surface area is 122 Å². The number of hydrogen-bond acceptors (Lipinski definition) is 4. The first kappa shape index (κ1) is 13.3. The second-order valence-electron chi connectivity index (χ2n) is 5.62. The van der Waals surface area contributed by atoms with Gasteiger partial charge in [-0.15, -0.1) is 0 Å². The van der Waals surface area contributed by atoms with Crippen molar-refractivity contribution in [1.82, 2.24) is 24.4 Å². The van der Waals surface area contributed by atoms with Crippen molar-refractivity contribution >= 4 is 16.3 Å². The van der Waals surface area contributed by atoms with Gasteiger partial charge in [0.05, 0.1) is 17.6 Å². The normalized spacial score (nSPS) is 11.9. The van der Waals surface area contributed by atoms with E-state index in [1.54, 1.807) is 11.3 Å². The minimum Gasteiger partial charge on any atom is -0.272 e. The van der Waals surface area contributed by atoms with Gasteiger partial charge < -0.3 is 0 Å². The molecule has 0 unspecified atom stereocenters. The first-order valence-corrected chi connectivity index (χ1v) is 7.63. The van der Waals surface area contributed by atoms with Gasteiger partial charge in [-0.3, -0.25) is 4.68 Å². The lowest BCUT2D eigenvalue weighted by Crippen LogP contribution is -1.94. The molecule has 0 N–H and O–H groups in total. The second kappa shape index (κ2) is 4.70. The molecular weight excluding hydrogens is 270 g/mol. The summed E-state index contributed by atoms with van der Waals surface area (Å²) in [4.78, 5) is 5.67. The molecule has 3 aromatic rings. The van der Waals surface area contributed by atoms with Crippen LogP contribution in [0.25, 0.3) is 16.2 Å². The fraction of sp³-hybridized carbons (Fsp3) is 0.500. The van der Waals surface area contributed by atoms with Crippen molar-refractivity contribution in [2.45, 2.75) is 34.1 Å². The van der Waals surface area contributed by atoms with Gasteiger partial charge in [-0.2, -0.15) is 10.2 Å².